The lowest BCUT2D eigenvalue weighted by Crippen LogP contribution is -2.36. The lowest BCUT2D eigenvalue weighted by atomic mass is 9.80. The molecule has 0 unspecified atom stereocenters. The van der Waals surface area contributed by atoms with Crippen LogP contribution in [0, 0.1) is 11.8 Å². The lowest BCUT2D eigenvalue weighted by Gasteiger charge is -2.27. The van der Waals surface area contributed by atoms with E-state index in [2.05, 4.69) is 0 Å². The molecule has 2 saturated carbocycles. The second-order valence-electron chi connectivity index (χ2n) is 4.09. The molecular formula is C9H17NO. The molecule has 2 aliphatic rings. The van der Waals surface area contributed by atoms with Gasteiger partial charge in [-0.05, 0) is 24.7 Å². The number of rotatable bonds is 0. The van der Waals surface area contributed by atoms with E-state index in [9.17, 15) is 5.11 Å². The maximum atomic E-state index is 9.50. The van der Waals surface area contributed by atoms with E-state index in [-0.39, 0.29) is 12.1 Å². The fourth-order valence-corrected chi connectivity index (χ4v) is 2.79. The summed E-state index contributed by atoms with van der Waals surface area (Å²) in [4.78, 5) is 0. The Kier molecular flexibility index (Phi) is 1.90. The lowest BCUT2D eigenvalue weighted by molar-refractivity contribution is 0.155. The second kappa shape index (κ2) is 2.76. The number of hydrogen-bond acceptors (Lipinski definition) is 2. The van der Waals surface area contributed by atoms with Gasteiger partial charge in [0.2, 0.25) is 0 Å². The molecule has 2 rings (SSSR count). The van der Waals surface area contributed by atoms with Gasteiger partial charge in [0.1, 0.15) is 0 Å². The zero-order chi connectivity index (χ0) is 7.84. The van der Waals surface area contributed by atoms with Crippen LogP contribution in [0.2, 0.25) is 0 Å². The van der Waals surface area contributed by atoms with Crippen LogP contribution < -0.4 is 5.73 Å². The number of hydrogen-bond donors (Lipinski definition) is 2. The van der Waals surface area contributed by atoms with Crippen LogP contribution >= 0.6 is 0 Å². The van der Waals surface area contributed by atoms with Crippen molar-refractivity contribution in [3.63, 3.8) is 0 Å². The fourth-order valence-electron chi connectivity index (χ4n) is 2.79. The van der Waals surface area contributed by atoms with Crippen molar-refractivity contribution in [2.24, 2.45) is 17.6 Å². The summed E-state index contributed by atoms with van der Waals surface area (Å²) in [6.07, 6.45) is 5.98. The monoisotopic (exact) mass is 155 g/mol. The van der Waals surface area contributed by atoms with Crippen LogP contribution in [0.5, 0.6) is 0 Å². The van der Waals surface area contributed by atoms with Gasteiger partial charge >= 0.3 is 0 Å². The molecule has 4 atom stereocenters. The van der Waals surface area contributed by atoms with Crippen LogP contribution in [0.1, 0.15) is 32.1 Å². The van der Waals surface area contributed by atoms with Crippen LogP contribution in [0.25, 0.3) is 0 Å². The van der Waals surface area contributed by atoms with Gasteiger partial charge in [-0.1, -0.05) is 19.3 Å². The average Bonchev–Trinajstić information content (AvgIpc) is 2.30. The Morgan fingerprint density at radius 3 is 2.64 bits per heavy atom. The maximum absolute atomic E-state index is 9.50. The molecule has 11 heavy (non-hydrogen) atoms. The second-order valence-corrected chi connectivity index (χ2v) is 4.09. The van der Waals surface area contributed by atoms with Gasteiger partial charge in [0.15, 0.2) is 0 Å². The molecule has 2 heteroatoms. The van der Waals surface area contributed by atoms with E-state index in [1.165, 1.54) is 25.7 Å². The Morgan fingerprint density at radius 2 is 1.91 bits per heavy atom. The van der Waals surface area contributed by atoms with E-state index >= 15 is 0 Å². The van der Waals surface area contributed by atoms with Crippen LogP contribution in [0.4, 0.5) is 0 Å². The summed E-state index contributed by atoms with van der Waals surface area (Å²) in [6.45, 7) is 0. The van der Waals surface area contributed by atoms with Crippen molar-refractivity contribution in [2.75, 3.05) is 0 Å². The molecule has 64 valence electrons. The minimum Gasteiger partial charge on any atom is -0.391 e. The van der Waals surface area contributed by atoms with Gasteiger partial charge in [-0.3, -0.25) is 0 Å². The van der Waals surface area contributed by atoms with Crippen molar-refractivity contribution in [2.45, 2.75) is 44.2 Å². The van der Waals surface area contributed by atoms with Gasteiger partial charge in [0, 0.05) is 6.04 Å². The van der Waals surface area contributed by atoms with Gasteiger partial charge in [-0.15, -0.1) is 0 Å². The van der Waals surface area contributed by atoms with Crippen LogP contribution in [-0.4, -0.2) is 17.3 Å². The highest BCUT2D eigenvalue weighted by molar-refractivity contribution is 4.95. The van der Waals surface area contributed by atoms with Gasteiger partial charge in [0.25, 0.3) is 0 Å². The molecule has 2 nitrogen and oxygen atoms in total. The molecule has 2 fully saturated rings. The zero-order valence-electron chi connectivity index (χ0n) is 6.87. The van der Waals surface area contributed by atoms with Gasteiger partial charge in [-0.2, -0.15) is 0 Å². The van der Waals surface area contributed by atoms with E-state index in [4.69, 9.17) is 5.73 Å². The number of aliphatic hydroxyl groups is 1. The number of fused-ring (bicyclic) bond motifs is 1. The SMILES string of the molecule is N[C@H]1[C@@H]2CCCC[C@@H]2C[C@H]1O. The molecule has 0 spiro atoms. The van der Waals surface area contributed by atoms with E-state index in [1.54, 1.807) is 0 Å². The molecule has 0 aromatic rings. The number of nitrogens with two attached hydrogens (primary N) is 1. The maximum Gasteiger partial charge on any atom is 0.0696 e. The molecule has 0 radical (unpaired) electrons. The van der Waals surface area contributed by atoms with Gasteiger partial charge in [-0.25, -0.2) is 0 Å². The third-order valence-electron chi connectivity index (χ3n) is 3.45. The first kappa shape index (κ1) is 7.56. The largest absolute Gasteiger partial charge is 0.391 e. The van der Waals surface area contributed by atoms with E-state index < -0.39 is 0 Å². The predicted octanol–water partition coefficient (Wildman–Crippen LogP) is 0.885. The Hall–Kier alpha value is -0.0800. The predicted molar refractivity (Wildman–Crippen MR) is 44.0 cm³/mol. The van der Waals surface area contributed by atoms with Crippen molar-refractivity contribution < 1.29 is 5.11 Å². The first-order valence-electron chi connectivity index (χ1n) is 4.72. The smallest absolute Gasteiger partial charge is 0.0696 e. The molecule has 0 bridgehead atoms. The normalized spacial score (nSPS) is 50.7. The van der Waals surface area contributed by atoms with Crippen LogP contribution in [-0.2, 0) is 0 Å². The Morgan fingerprint density at radius 1 is 1.18 bits per heavy atom. The Bertz CT molecular complexity index is 148. The van der Waals surface area contributed by atoms with Crippen molar-refractivity contribution in [3.8, 4) is 0 Å². The summed E-state index contributed by atoms with van der Waals surface area (Å²) in [5.74, 6) is 1.38. The molecule has 0 saturated heterocycles. The summed E-state index contributed by atoms with van der Waals surface area (Å²) in [6, 6.07) is 0.0836. The summed E-state index contributed by atoms with van der Waals surface area (Å²) in [5.41, 5.74) is 5.88. The molecule has 2 aliphatic carbocycles. The minimum absolute atomic E-state index is 0.0836. The highest BCUT2D eigenvalue weighted by atomic mass is 16.3. The summed E-state index contributed by atoms with van der Waals surface area (Å²) < 4.78 is 0. The molecule has 3 N–H and O–H groups in total. The van der Waals surface area contributed by atoms with E-state index in [0.29, 0.717) is 5.92 Å². The molecule has 0 amide bonds. The fraction of sp³-hybridized carbons (Fsp3) is 1.00. The minimum atomic E-state index is -0.205. The van der Waals surface area contributed by atoms with Crippen molar-refractivity contribution in [3.05, 3.63) is 0 Å². The molecule has 0 heterocycles. The molecular weight excluding hydrogens is 138 g/mol. The van der Waals surface area contributed by atoms with E-state index in [0.717, 1.165) is 12.3 Å². The van der Waals surface area contributed by atoms with Crippen molar-refractivity contribution >= 4 is 0 Å². The quantitative estimate of drug-likeness (QED) is 0.545. The third kappa shape index (κ3) is 1.18. The Balaban J connectivity index is 2.05. The first-order chi connectivity index (χ1) is 5.29. The topological polar surface area (TPSA) is 46.2 Å². The average molecular weight is 155 g/mol. The van der Waals surface area contributed by atoms with Crippen molar-refractivity contribution in [1.29, 1.82) is 0 Å². The van der Waals surface area contributed by atoms with E-state index in [1.807, 2.05) is 0 Å². The van der Waals surface area contributed by atoms with Crippen LogP contribution in [0.15, 0.2) is 0 Å². The molecule has 0 aromatic heterocycles. The molecule has 0 aromatic carbocycles. The summed E-state index contributed by atoms with van der Waals surface area (Å²) in [7, 11) is 0. The Labute approximate surface area is 67.8 Å². The highest BCUT2D eigenvalue weighted by Crippen LogP contribution is 2.41. The number of aliphatic hydroxyl groups excluding tert-OH is 1. The molecule has 0 aliphatic heterocycles. The summed E-state index contributed by atoms with van der Waals surface area (Å²) in [5, 5.41) is 9.50. The standard InChI is InChI=1S/C9H17NO/c10-9-7-4-2-1-3-6(7)5-8(9)11/h6-9,11H,1-5,10H2/t6-,7-,8-,9+/m1/s1. The summed E-state index contributed by atoms with van der Waals surface area (Å²) >= 11 is 0. The van der Waals surface area contributed by atoms with Crippen LogP contribution in [0.3, 0.4) is 0 Å². The third-order valence-corrected chi connectivity index (χ3v) is 3.45. The van der Waals surface area contributed by atoms with Gasteiger partial charge < -0.3 is 10.8 Å². The van der Waals surface area contributed by atoms with Gasteiger partial charge in [0.05, 0.1) is 6.10 Å². The first-order valence-corrected chi connectivity index (χ1v) is 4.72. The van der Waals surface area contributed by atoms with Crippen molar-refractivity contribution in [1.82, 2.24) is 0 Å². The zero-order valence-corrected chi connectivity index (χ0v) is 6.87. The highest BCUT2D eigenvalue weighted by Gasteiger charge is 2.40.